The molecule has 1 aromatic carbocycles. The van der Waals surface area contributed by atoms with Crippen LogP contribution in [0.2, 0.25) is 0 Å². The van der Waals surface area contributed by atoms with Gasteiger partial charge in [0.1, 0.15) is 5.75 Å². The number of aromatic hydroxyl groups is 1. The van der Waals surface area contributed by atoms with Crippen LogP contribution in [0.4, 0.5) is 0 Å². The molecule has 1 aromatic rings. The Morgan fingerprint density at radius 2 is 1.67 bits per heavy atom. The first-order valence-electron chi connectivity index (χ1n) is 8.02. The summed E-state index contributed by atoms with van der Waals surface area (Å²) in [6.45, 7) is 7.38. The summed E-state index contributed by atoms with van der Waals surface area (Å²) in [5.41, 5.74) is 1.03. The lowest BCUT2D eigenvalue weighted by molar-refractivity contribution is -0.0257. The van der Waals surface area contributed by atoms with Gasteiger partial charge in [-0.25, -0.2) is 0 Å². The van der Waals surface area contributed by atoms with Gasteiger partial charge in [0.05, 0.1) is 5.60 Å². The van der Waals surface area contributed by atoms with Gasteiger partial charge >= 0.3 is 0 Å². The molecule has 3 nitrogen and oxygen atoms in total. The lowest BCUT2D eigenvalue weighted by atomic mass is 9.71. The fourth-order valence-electron chi connectivity index (χ4n) is 2.99. The Bertz CT molecular complexity index is 443. The Hall–Kier alpha value is -1.06. The van der Waals surface area contributed by atoms with E-state index in [0.29, 0.717) is 23.8 Å². The lowest BCUT2D eigenvalue weighted by Crippen LogP contribution is -2.47. The number of aliphatic hydroxyl groups is 1. The van der Waals surface area contributed by atoms with Gasteiger partial charge in [-0.3, -0.25) is 0 Å². The Morgan fingerprint density at radius 1 is 1.10 bits per heavy atom. The topological polar surface area (TPSA) is 52.5 Å². The maximum Gasteiger partial charge on any atom is 0.115 e. The summed E-state index contributed by atoms with van der Waals surface area (Å²) >= 11 is 0. The minimum Gasteiger partial charge on any atom is -0.508 e. The zero-order valence-electron chi connectivity index (χ0n) is 13.5. The smallest absolute Gasteiger partial charge is 0.115 e. The molecule has 118 valence electrons. The van der Waals surface area contributed by atoms with Gasteiger partial charge in [0.2, 0.25) is 0 Å². The number of hydrogen-bond donors (Lipinski definition) is 3. The van der Waals surface area contributed by atoms with E-state index < -0.39 is 5.60 Å². The third-order valence-electron chi connectivity index (χ3n) is 4.79. The van der Waals surface area contributed by atoms with Crippen LogP contribution in [0.25, 0.3) is 0 Å². The molecule has 2 rings (SSSR count). The molecule has 1 unspecified atom stereocenters. The summed E-state index contributed by atoms with van der Waals surface area (Å²) in [5, 5.41) is 23.4. The molecule has 0 saturated heterocycles. The highest BCUT2D eigenvalue weighted by molar-refractivity contribution is 5.26. The minimum absolute atomic E-state index is 0.304. The summed E-state index contributed by atoms with van der Waals surface area (Å²) in [6.07, 6.45) is 4.87. The van der Waals surface area contributed by atoms with Gasteiger partial charge in [0, 0.05) is 12.6 Å². The van der Waals surface area contributed by atoms with Crippen LogP contribution in [0.5, 0.6) is 5.75 Å². The number of nitrogens with one attached hydrogen (secondary N) is 1. The molecule has 3 N–H and O–H groups in total. The van der Waals surface area contributed by atoms with Crippen molar-refractivity contribution in [2.45, 2.75) is 64.5 Å². The summed E-state index contributed by atoms with van der Waals surface area (Å²) < 4.78 is 0. The first-order valence-corrected chi connectivity index (χ1v) is 8.02. The summed E-state index contributed by atoms with van der Waals surface area (Å²) in [6, 6.07) is 7.66. The van der Waals surface area contributed by atoms with Crippen molar-refractivity contribution in [2.24, 2.45) is 5.41 Å². The highest BCUT2D eigenvalue weighted by atomic mass is 16.3. The van der Waals surface area contributed by atoms with E-state index in [9.17, 15) is 10.2 Å². The number of rotatable bonds is 5. The van der Waals surface area contributed by atoms with E-state index >= 15 is 0 Å². The average Bonchev–Trinajstić information content (AvgIpc) is 2.43. The van der Waals surface area contributed by atoms with E-state index in [1.807, 2.05) is 12.1 Å². The molecule has 1 aliphatic carbocycles. The molecular formula is C18H29NO2. The zero-order valence-corrected chi connectivity index (χ0v) is 13.5. The summed E-state index contributed by atoms with van der Waals surface area (Å²) in [4.78, 5) is 0. The lowest BCUT2D eigenvalue weighted by Gasteiger charge is -2.40. The van der Waals surface area contributed by atoms with Crippen LogP contribution in [0, 0.1) is 5.41 Å². The van der Waals surface area contributed by atoms with E-state index in [1.54, 1.807) is 12.1 Å². The average molecular weight is 291 g/mol. The quantitative estimate of drug-likeness (QED) is 0.780. The first kappa shape index (κ1) is 16.3. The van der Waals surface area contributed by atoms with E-state index in [2.05, 4.69) is 26.1 Å². The molecule has 0 aromatic heterocycles. The molecule has 1 aliphatic rings. The fourth-order valence-corrected chi connectivity index (χ4v) is 2.99. The van der Waals surface area contributed by atoms with Crippen molar-refractivity contribution in [3.8, 4) is 5.75 Å². The molecule has 1 atom stereocenters. The van der Waals surface area contributed by atoms with E-state index in [4.69, 9.17) is 0 Å². The molecule has 1 saturated carbocycles. The minimum atomic E-state index is -0.543. The van der Waals surface area contributed by atoms with Crippen molar-refractivity contribution < 1.29 is 10.2 Å². The van der Waals surface area contributed by atoms with Crippen molar-refractivity contribution in [1.29, 1.82) is 0 Å². The molecule has 0 radical (unpaired) electrons. The third-order valence-corrected chi connectivity index (χ3v) is 4.79. The number of hydrogen-bond acceptors (Lipinski definition) is 3. The van der Waals surface area contributed by atoms with Crippen LogP contribution in [0.15, 0.2) is 24.3 Å². The maximum absolute atomic E-state index is 10.7. The number of phenols is 1. The van der Waals surface area contributed by atoms with Crippen LogP contribution in [-0.4, -0.2) is 28.4 Å². The van der Waals surface area contributed by atoms with Crippen LogP contribution >= 0.6 is 0 Å². The second kappa shape index (κ2) is 6.37. The largest absolute Gasteiger partial charge is 0.508 e. The van der Waals surface area contributed by atoms with E-state index in [1.165, 1.54) is 5.56 Å². The molecule has 0 bridgehead atoms. The maximum atomic E-state index is 10.7. The first-order chi connectivity index (χ1) is 9.78. The predicted molar refractivity (Wildman–Crippen MR) is 86.5 cm³/mol. The van der Waals surface area contributed by atoms with E-state index in [0.717, 1.165) is 32.1 Å². The molecule has 0 spiro atoms. The molecular weight excluding hydrogens is 262 g/mol. The number of phenolic OH excluding ortho intramolecular Hbond substituents is 1. The Labute approximate surface area is 128 Å². The second-order valence-corrected chi connectivity index (χ2v) is 7.54. The van der Waals surface area contributed by atoms with Gasteiger partial charge in [0.15, 0.2) is 0 Å². The van der Waals surface area contributed by atoms with Crippen molar-refractivity contribution in [3.05, 3.63) is 29.8 Å². The molecule has 1 fully saturated rings. The van der Waals surface area contributed by atoms with Crippen LogP contribution in [-0.2, 0) is 6.42 Å². The van der Waals surface area contributed by atoms with Gasteiger partial charge in [-0.2, -0.15) is 0 Å². The summed E-state index contributed by atoms with van der Waals surface area (Å²) in [5.74, 6) is 0.304. The SMILES string of the molecule is CC(Cc1ccc(O)cc1)NCC1(O)CCC(C)(C)CC1. The van der Waals surface area contributed by atoms with Crippen molar-refractivity contribution in [1.82, 2.24) is 5.32 Å². The Kier molecular flexibility index (Phi) is 4.95. The van der Waals surface area contributed by atoms with Gasteiger partial charge in [-0.1, -0.05) is 26.0 Å². The van der Waals surface area contributed by atoms with Gasteiger partial charge < -0.3 is 15.5 Å². The van der Waals surface area contributed by atoms with Crippen LogP contribution in [0.1, 0.15) is 52.0 Å². The van der Waals surface area contributed by atoms with Crippen LogP contribution < -0.4 is 5.32 Å². The Balaban J connectivity index is 1.78. The second-order valence-electron chi connectivity index (χ2n) is 7.54. The summed E-state index contributed by atoms with van der Waals surface area (Å²) in [7, 11) is 0. The fraction of sp³-hybridized carbons (Fsp3) is 0.667. The highest BCUT2D eigenvalue weighted by Crippen LogP contribution is 2.39. The molecule has 0 heterocycles. The molecule has 21 heavy (non-hydrogen) atoms. The normalized spacial score (nSPS) is 21.9. The predicted octanol–water partition coefficient (Wildman–Crippen LogP) is 3.24. The van der Waals surface area contributed by atoms with E-state index in [-0.39, 0.29) is 0 Å². The van der Waals surface area contributed by atoms with Crippen molar-refractivity contribution in [2.75, 3.05) is 6.54 Å². The van der Waals surface area contributed by atoms with Gasteiger partial charge in [0.25, 0.3) is 0 Å². The highest BCUT2D eigenvalue weighted by Gasteiger charge is 2.36. The van der Waals surface area contributed by atoms with Gasteiger partial charge in [-0.05, 0) is 62.1 Å². The zero-order chi connectivity index (χ0) is 15.5. The van der Waals surface area contributed by atoms with Crippen molar-refractivity contribution in [3.63, 3.8) is 0 Å². The van der Waals surface area contributed by atoms with Crippen LogP contribution in [0.3, 0.4) is 0 Å². The molecule has 3 heteroatoms. The molecule has 0 aliphatic heterocycles. The van der Waals surface area contributed by atoms with Crippen molar-refractivity contribution >= 4 is 0 Å². The monoisotopic (exact) mass is 291 g/mol. The standard InChI is InChI=1S/C18H29NO2/c1-14(12-15-4-6-16(20)7-5-15)19-13-18(21)10-8-17(2,3)9-11-18/h4-7,14,19-21H,8-13H2,1-3H3. The Morgan fingerprint density at radius 3 is 2.24 bits per heavy atom. The molecule has 0 amide bonds. The number of benzene rings is 1. The third kappa shape index (κ3) is 5.01. The van der Waals surface area contributed by atoms with Gasteiger partial charge in [-0.15, -0.1) is 0 Å².